The molecule has 5 aromatic rings. The van der Waals surface area contributed by atoms with Crippen LogP contribution in [0.1, 0.15) is 26.3 Å². The molecule has 0 fully saturated rings. The molecule has 0 N–H and O–H groups in total. The van der Waals surface area contributed by atoms with Crippen molar-refractivity contribution in [3.05, 3.63) is 182 Å². The zero-order chi connectivity index (χ0) is 30.4. The Kier molecular flexibility index (Phi) is 11.1. The van der Waals surface area contributed by atoms with Crippen molar-refractivity contribution in [2.45, 2.75) is 20.8 Å². The van der Waals surface area contributed by atoms with E-state index in [1.807, 2.05) is 44.2 Å². The molecule has 0 spiro atoms. The van der Waals surface area contributed by atoms with Gasteiger partial charge in [-0.3, -0.25) is 0 Å². The van der Waals surface area contributed by atoms with Gasteiger partial charge in [0, 0.05) is 34.1 Å². The summed E-state index contributed by atoms with van der Waals surface area (Å²) in [6.07, 6.45) is 9.89. The molecule has 2 nitrogen and oxygen atoms in total. The molecule has 0 bridgehead atoms. The largest absolute Gasteiger partial charge is 0.311 e. The molecule has 43 heavy (non-hydrogen) atoms. The summed E-state index contributed by atoms with van der Waals surface area (Å²) in [5, 5.41) is 0. The summed E-state index contributed by atoms with van der Waals surface area (Å²) in [7, 11) is 0. The molecule has 5 rings (SSSR count). The summed E-state index contributed by atoms with van der Waals surface area (Å²) >= 11 is 0. The minimum atomic E-state index is 1.07. The maximum absolute atomic E-state index is 4.16. The fraction of sp³-hybridized carbons (Fsp3) is 0.0732. The lowest BCUT2D eigenvalue weighted by Crippen LogP contribution is -2.14. The first kappa shape index (κ1) is 30.6. The third-order valence-corrected chi connectivity index (χ3v) is 6.95. The minimum Gasteiger partial charge on any atom is -0.311 e. The van der Waals surface area contributed by atoms with Gasteiger partial charge in [0.15, 0.2) is 0 Å². The van der Waals surface area contributed by atoms with Crippen molar-refractivity contribution in [3.8, 4) is 11.1 Å². The number of benzene rings is 5. The van der Waals surface area contributed by atoms with E-state index in [0.717, 1.165) is 50.8 Å². The van der Waals surface area contributed by atoms with Crippen molar-refractivity contribution in [2.24, 2.45) is 0 Å². The molecule has 0 atom stereocenters. The van der Waals surface area contributed by atoms with Gasteiger partial charge in [0.05, 0.1) is 0 Å². The number of allylic oxidation sites excluding steroid dienone is 4. The Balaban J connectivity index is 0.00000207. The lowest BCUT2D eigenvalue weighted by Gasteiger charge is -2.27. The van der Waals surface area contributed by atoms with Gasteiger partial charge in [-0.15, -0.1) is 0 Å². The van der Waals surface area contributed by atoms with Crippen LogP contribution in [0.3, 0.4) is 0 Å². The highest BCUT2D eigenvalue weighted by atomic mass is 15.1. The van der Waals surface area contributed by atoms with E-state index in [1.54, 1.807) is 6.08 Å². The lowest BCUT2D eigenvalue weighted by molar-refractivity contribution is 1.20. The first-order valence-electron chi connectivity index (χ1n) is 14.8. The van der Waals surface area contributed by atoms with E-state index in [4.69, 9.17) is 0 Å². The number of hydrogen-bond acceptors (Lipinski definition) is 2. The quantitative estimate of drug-likeness (QED) is 0.157. The fourth-order valence-electron chi connectivity index (χ4n) is 5.00. The molecule has 0 amide bonds. The summed E-state index contributed by atoms with van der Waals surface area (Å²) < 4.78 is 0. The second kappa shape index (κ2) is 15.6. The molecule has 0 heterocycles. The van der Waals surface area contributed by atoms with E-state index in [-0.39, 0.29) is 0 Å². The second-order valence-corrected chi connectivity index (χ2v) is 9.51. The zero-order valence-corrected chi connectivity index (χ0v) is 25.4. The maximum atomic E-state index is 4.16. The zero-order valence-electron chi connectivity index (χ0n) is 25.4. The third-order valence-electron chi connectivity index (χ3n) is 6.95. The molecule has 0 radical (unpaired) electrons. The molecule has 0 saturated heterocycles. The van der Waals surface area contributed by atoms with Crippen LogP contribution in [0.2, 0.25) is 0 Å². The summed E-state index contributed by atoms with van der Waals surface area (Å²) in [6, 6.07) is 46.6. The molecule has 0 saturated carbocycles. The highest BCUT2D eigenvalue weighted by Gasteiger charge is 2.16. The van der Waals surface area contributed by atoms with Gasteiger partial charge in [0.1, 0.15) is 0 Å². The molecular formula is C41H40N2. The van der Waals surface area contributed by atoms with Crippen molar-refractivity contribution in [3.63, 3.8) is 0 Å². The minimum absolute atomic E-state index is 1.07. The first-order valence-corrected chi connectivity index (χ1v) is 14.8. The highest BCUT2D eigenvalue weighted by Crippen LogP contribution is 2.38. The number of para-hydroxylation sites is 3. The Hall–Kier alpha value is -5.34. The van der Waals surface area contributed by atoms with E-state index < -0.39 is 0 Å². The van der Waals surface area contributed by atoms with E-state index >= 15 is 0 Å². The van der Waals surface area contributed by atoms with Crippen LogP contribution >= 0.6 is 0 Å². The summed E-state index contributed by atoms with van der Waals surface area (Å²) in [4.78, 5) is 4.52. The number of rotatable bonds is 10. The van der Waals surface area contributed by atoms with Gasteiger partial charge >= 0.3 is 0 Å². The van der Waals surface area contributed by atoms with Crippen LogP contribution in [0.15, 0.2) is 177 Å². The van der Waals surface area contributed by atoms with E-state index in [1.165, 1.54) is 0 Å². The summed E-state index contributed by atoms with van der Waals surface area (Å²) in [5.74, 6) is 0. The van der Waals surface area contributed by atoms with Gasteiger partial charge in [-0.05, 0) is 90.4 Å². The van der Waals surface area contributed by atoms with Crippen molar-refractivity contribution in [2.75, 3.05) is 9.80 Å². The van der Waals surface area contributed by atoms with Crippen molar-refractivity contribution < 1.29 is 0 Å². The average Bonchev–Trinajstić information content (AvgIpc) is 3.09. The predicted octanol–water partition coefficient (Wildman–Crippen LogP) is 12.3. The number of anilines is 5. The van der Waals surface area contributed by atoms with Crippen LogP contribution in [-0.4, -0.2) is 0 Å². The van der Waals surface area contributed by atoms with Crippen LogP contribution in [-0.2, 0) is 0 Å². The maximum Gasteiger partial charge on any atom is 0.0468 e. The second-order valence-electron chi connectivity index (χ2n) is 9.51. The standard InChI is InChI=1S/C39H34N2.C2H6/c1-4-7-17-33(6-3)40(34-18-11-8-12-19-34)37-26-24-32(25-27-37)39-29-28-38(30-31(39)5-2)41(35-20-13-9-14-21-35)36-22-15-10-16-23-36;1-2/h4-30H,1-2H2,3H3;1-2H3/b17-7-,33-6+;. The van der Waals surface area contributed by atoms with Gasteiger partial charge in [-0.25, -0.2) is 0 Å². The molecule has 0 aliphatic heterocycles. The van der Waals surface area contributed by atoms with Crippen LogP contribution in [0, 0.1) is 0 Å². The van der Waals surface area contributed by atoms with Crippen LogP contribution in [0.5, 0.6) is 0 Å². The Morgan fingerprint density at radius 2 is 1.07 bits per heavy atom. The normalized spacial score (nSPS) is 10.9. The Morgan fingerprint density at radius 3 is 1.56 bits per heavy atom. The highest BCUT2D eigenvalue weighted by molar-refractivity contribution is 5.84. The van der Waals surface area contributed by atoms with E-state index in [2.05, 4.69) is 157 Å². The van der Waals surface area contributed by atoms with Gasteiger partial charge < -0.3 is 9.80 Å². The van der Waals surface area contributed by atoms with E-state index in [9.17, 15) is 0 Å². The SMILES string of the molecule is C=C/C=C\C(=C/C)N(c1ccccc1)c1ccc(-c2ccc(N(c3ccccc3)c3ccccc3)cc2C=C)cc1.CC. The number of hydrogen-bond donors (Lipinski definition) is 0. The van der Waals surface area contributed by atoms with Crippen LogP contribution < -0.4 is 9.80 Å². The van der Waals surface area contributed by atoms with Gasteiger partial charge in [-0.2, -0.15) is 0 Å². The Labute approximate surface area is 257 Å². The Morgan fingerprint density at radius 1 is 0.581 bits per heavy atom. The first-order chi connectivity index (χ1) is 21.2. The average molecular weight is 561 g/mol. The van der Waals surface area contributed by atoms with Gasteiger partial charge in [-0.1, -0.05) is 124 Å². The number of nitrogens with zero attached hydrogens (tertiary/aromatic N) is 2. The lowest BCUT2D eigenvalue weighted by atomic mass is 9.98. The van der Waals surface area contributed by atoms with Gasteiger partial charge in [0.2, 0.25) is 0 Å². The molecule has 2 heteroatoms. The van der Waals surface area contributed by atoms with Crippen LogP contribution in [0.4, 0.5) is 28.4 Å². The molecule has 214 valence electrons. The topological polar surface area (TPSA) is 6.48 Å². The molecule has 0 aliphatic carbocycles. The predicted molar refractivity (Wildman–Crippen MR) is 190 cm³/mol. The summed E-state index contributed by atoms with van der Waals surface area (Å²) in [6.45, 7) is 14.1. The molecule has 0 aromatic heterocycles. The Bertz CT molecular complexity index is 1610. The van der Waals surface area contributed by atoms with E-state index in [0.29, 0.717) is 0 Å². The third kappa shape index (κ3) is 7.30. The molecule has 5 aromatic carbocycles. The van der Waals surface area contributed by atoms with Crippen molar-refractivity contribution in [1.82, 2.24) is 0 Å². The monoisotopic (exact) mass is 560 g/mol. The van der Waals surface area contributed by atoms with Gasteiger partial charge in [0.25, 0.3) is 0 Å². The molecule has 0 unspecified atom stereocenters. The van der Waals surface area contributed by atoms with Crippen molar-refractivity contribution in [1.29, 1.82) is 0 Å². The molecular weight excluding hydrogens is 520 g/mol. The summed E-state index contributed by atoms with van der Waals surface area (Å²) in [5.41, 5.74) is 9.90. The fourth-order valence-corrected chi connectivity index (χ4v) is 5.00. The molecule has 0 aliphatic rings. The van der Waals surface area contributed by atoms with Crippen LogP contribution in [0.25, 0.3) is 17.2 Å². The smallest absolute Gasteiger partial charge is 0.0468 e. The van der Waals surface area contributed by atoms with Crippen molar-refractivity contribution >= 4 is 34.5 Å².